The number of benzene rings is 1. The van der Waals surface area contributed by atoms with Crippen molar-refractivity contribution in [2.24, 2.45) is 0 Å². The molecule has 0 fully saturated rings. The number of carbonyl (C=O) groups excluding carboxylic acids is 1. The normalized spacial score (nSPS) is 11.2. The monoisotopic (exact) mass is 527 g/mol. The first-order chi connectivity index (χ1) is 19.7. The van der Waals surface area contributed by atoms with E-state index in [0.29, 0.717) is 39.3 Å². The Bertz CT molecular complexity index is 2020. The third-order valence-electron chi connectivity index (χ3n) is 6.45. The first-order valence-electron chi connectivity index (χ1n) is 12.3. The number of hydrogen-bond acceptors (Lipinski definition) is 7. The summed E-state index contributed by atoms with van der Waals surface area (Å²) >= 11 is 0. The number of rotatable bonds is 5. The maximum Gasteiger partial charge on any atom is 0.255 e. The van der Waals surface area contributed by atoms with E-state index in [9.17, 15) is 4.79 Å². The highest BCUT2D eigenvalue weighted by Crippen LogP contribution is 2.34. The van der Waals surface area contributed by atoms with E-state index in [2.05, 4.69) is 40.4 Å². The highest BCUT2D eigenvalue weighted by atomic mass is 19.1. The van der Waals surface area contributed by atoms with E-state index in [1.165, 1.54) is 18.6 Å². The lowest BCUT2D eigenvalue weighted by molar-refractivity contribution is 0.102. The number of H-pyrrole nitrogens is 2. The Morgan fingerprint density at radius 2 is 1.70 bits per heavy atom. The largest absolute Gasteiger partial charge is 0.321 e. The first-order valence-corrected chi connectivity index (χ1v) is 12.3. The van der Waals surface area contributed by atoms with Crippen molar-refractivity contribution in [2.75, 3.05) is 5.32 Å². The molecule has 0 aliphatic carbocycles. The van der Waals surface area contributed by atoms with Crippen LogP contribution in [0.1, 0.15) is 10.4 Å². The molecule has 1 amide bonds. The summed E-state index contributed by atoms with van der Waals surface area (Å²) in [7, 11) is 0. The van der Waals surface area contributed by atoms with E-state index in [0.717, 1.165) is 11.1 Å². The molecule has 7 rings (SSSR count). The summed E-state index contributed by atoms with van der Waals surface area (Å²) in [6.07, 6.45) is 9.58. The molecular weight excluding hydrogens is 509 g/mol. The fourth-order valence-electron chi connectivity index (χ4n) is 4.57. The Morgan fingerprint density at radius 1 is 0.850 bits per heavy atom. The number of nitrogens with zero attached hydrogens (tertiary/aromatic N) is 6. The topological polar surface area (TPSA) is 138 Å². The molecule has 0 bridgehead atoms. The number of aromatic nitrogens is 8. The number of anilines is 1. The molecule has 7 aromatic rings. The average Bonchev–Trinajstić information content (AvgIpc) is 3.63. The predicted octanol–water partition coefficient (Wildman–Crippen LogP) is 5.41. The van der Waals surface area contributed by atoms with Crippen LogP contribution in [-0.2, 0) is 0 Å². The van der Waals surface area contributed by atoms with Gasteiger partial charge in [-0.1, -0.05) is 18.2 Å². The molecule has 6 heterocycles. The molecule has 0 aliphatic heterocycles. The minimum Gasteiger partial charge on any atom is -0.321 e. The lowest BCUT2D eigenvalue weighted by atomic mass is 10.1. The molecule has 3 N–H and O–H groups in total. The molecule has 0 saturated carbocycles. The van der Waals surface area contributed by atoms with Crippen molar-refractivity contribution in [1.29, 1.82) is 0 Å². The van der Waals surface area contributed by atoms with Crippen molar-refractivity contribution >= 4 is 33.7 Å². The Hall–Kier alpha value is -5.84. The van der Waals surface area contributed by atoms with Gasteiger partial charge in [0.25, 0.3) is 5.91 Å². The fraction of sp³-hybridized carbons (Fsp3) is 0. The summed E-state index contributed by atoms with van der Waals surface area (Å²) in [5.74, 6) is -0.546. The SMILES string of the molecule is O=C(Nc1cncc(-c2ncc3[nH]nc(-c4nc5c(-c6ccncc6)ccnc5[nH]4)c3c2F)c1)c1ccccc1. The van der Waals surface area contributed by atoms with Crippen molar-refractivity contribution < 1.29 is 9.18 Å². The molecule has 6 aromatic heterocycles. The van der Waals surface area contributed by atoms with Crippen LogP contribution < -0.4 is 5.32 Å². The molecule has 0 unspecified atom stereocenters. The Balaban J connectivity index is 1.29. The smallest absolute Gasteiger partial charge is 0.255 e. The zero-order chi connectivity index (χ0) is 27.1. The standard InChI is InChI=1S/C29H18FN9O/c30-23-22-21(15-34-24(23)18-12-19(14-32-13-18)35-29(40)17-4-2-1-3-5-17)38-39-26(22)28-36-25-20(8-11-33-27(25)37-28)16-6-9-31-10-7-16/h1-15H,(H,35,40)(H,38,39)(H,33,36,37). The minimum atomic E-state index is -0.600. The van der Waals surface area contributed by atoms with Gasteiger partial charge >= 0.3 is 0 Å². The van der Waals surface area contributed by atoms with E-state index < -0.39 is 5.82 Å². The number of fused-ring (bicyclic) bond motifs is 2. The summed E-state index contributed by atoms with van der Waals surface area (Å²) in [6, 6.07) is 16.0. The Kier molecular flexibility index (Phi) is 5.52. The number of imidazole rings is 1. The lowest BCUT2D eigenvalue weighted by Crippen LogP contribution is -2.11. The first kappa shape index (κ1) is 23.3. The minimum absolute atomic E-state index is 0.0603. The van der Waals surface area contributed by atoms with E-state index in [4.69, 9.17) is 4.98 Å². The van der Waals surface area contributed by atoms with Crippen molar-refractivity contribution in [3.63, 3.8) is 0 Å². The zero-order valence-electron chi connectivity index (χ0n) is 20.6. The fourth-order valence-corrected chi connectivity index (χ4v) is 4.57. The number of nitrogens with one attached hydrogen (secondary N) is 3. The molecule has 0 atom stereocenters. The highest BCUT2D eigenvalue weighted by molar-refractivity contribution is 6.04. The highest BCUT2D eigenvalue weighted by Gasteiger charge is 2.22. The third kappa shape index (κ3) is 4.02. The van der Waals surface area contributed by atoms with Gasteiger partial charge in [-0.25, -0.2) is 14.4 Å². The van der Waals surface area contributed by atoms with Crippen LogP contribution in [0.2, 0.25) is 0 Å². The van der Waals surface area contributed by atoms with Gasteiger partial charge in [-0.3, -0.25) is 24.8 Å². The van der Waals surface area contributed by atoms with E-state index >= 15 is 4.39 Å². The van der Waals surface area contributed by atoms with Gasteiger partial charge in [-0.15, -0.1) is 0 Å². The second-order valence-electron chi connectivity index (χ2n) is 8.94. The van der Waals surface area contributed by atoms with Crippen molar-refractivity contribution in [1.82, 2.24) is 40.1 Å². The molecule has 192 valence electrons. The molecule has 0 aliphatic rings. The summed E-state index contributed by atoms with van der Waals surface area (Å²) < 4.78 is 16.1. The number of amides is 1. The third-order valence-corrected chi connectivity index (χ3v) is 6.45. The summed E-state index contributed by atoms with van der Waals surface area (Å²) in [6.45, 7) is 0. The van der Waals surface area contributed by atoms with Crippen LogP contribution in [0.5, 0.6) is 0 Å². The number of halogens is 1. The number of aromatic amines is 2. The predicted molar refractivity (Wildman–Crippen MR) is 148 cm³/mol. The number of carbonyl (C=O) groups is 1. The number of hydrogen-bond donors (Lipinski definition) is 3. The van der Waals surface area contributed by atoms with Crippen LogP contribution in [0.25, 0.3) is 56.0 Å². The average molecular weight is 528 g/mol. The van der Waals surface area contributed by atoms with Crippen LogP contribution in [0.15, 0.2) is 91.8 Å². The summed E-state index contributed by atoms with van der Waals surface area (Å²) in [5.41, 5.74) is 5.00. The Morgan fingerprint density at radius 3 is 2.55 bits per heavy atom. The van der Waals surface area contributed by atoms with Crippen LogP contribution in [0.4, 0.5) is 10.1 Å². The number of pyridine rings is 4. The molecule has 0 saturated heterocycles. The molecule has 0 radical (unpaired) electrons. The summed E-state index contributed by atoms with van der Waals surface area (Å²) in [5, 5.41) is 10.2. The summed E-state index contributed by atoms with van der Waals surface area (Å²) in [4.78, 5) is 37.5. The molecule has 10 nitrogen and oxygen atoms in total. The van der Waals surface area contributed by atoms with Gasteiger partial charge in [-0.2, -0.15) is 5.10 Å². The van der Waals surface area contributed by atoms with E-state index in [-0.39, 0.29) is 22.7 Å². The van der Waals surface area contributed by atoms with Crippen molar-refractivity contribution in [2.45, 2.75) is 0 Å². The molecule has 40 heavy (non-hydrogen) atoms. The zero-order valence-corrected chi connectivity index (χ0v) is 20.6. The van der Waals surface area contributed by atoms with Gasteiger partial charge < -0.3 is 10.3 Å². The second-order valence-corrected chi connectivity index (χ2v) is 8.94. The van der Waals surface area contributed by atoms with Gasteiger partial charge in [0.05, 0.1) is 29.0 Å². The second kappa shape index (κ2) is 9.48. The maximum absolute atomic E-state index is 16.1. The molecule has 11 heteroatoms. The quantitative estimate of drug-likeness (QED) is 0.272. The van der Waals surface area contributed by atoms with E-state index in [1.54, 1.807) is 48.9 Å². The van der Waals surface area contributed by atoms with Gasteiger partial charge in [0.2, 0.25) is 0 Å². The Labute approximate surface area is 225 Å². The lowest BCUT2D eigenvalue weighted by Gasteiger charge is -2.08. The van der Waals surface area contributed by atoms with Gasteiger partial charge in [0, 0.05) is 41.5 Å². The van der Waals surface area contributed by atoms with Crippen molar-refractivity contribution in [3.05, 3.63) is 103 Å². The van der Waals surface area contributed by atoms with Crippen molar-refractivity contribution in [3.8, 4) is 33.9 Å². The van der Waals surface area contributed by atoms with Gasteiger partial charge in [0.1, 0.15) is 16.9 Å². The molecule has 0 spiro atoms. The van der Waals surface area contributed by atoms with E-state index in [1.807, 2.05) is 24.3 Å². The maximum atomic E-state index is 16.1. The van der Waals surface area contributed by atoms with Crippen LogP contribution >= 0.6 is 0 Å². The van der Waals surface area contributed by atoms with Crippen LogP contribution in [0, 0.1) is 5.82 Å². The van der Waals surface area contributed by atoms with Crippen LogP contribution in [-0.4, -0.2) is 46.0 Å². The van der Waals surface area contributed by atoms with Crippen LogP contribution in [0.3, 0.4) is 0 Å². The van der Waals surface area contributed by atoms with Gasteiger partial charge in [-0.05, 0) is 42.0 Å². The molecular formula is C29H18FN9O. The molecule has 1 aromatic carbocycles. The van der Waals surface area contributed by atoms with Gasteiger partial charge in [0.15, 0.2) is 17.3 Å².